The van der Waals surface area contributed by atoms with Crippen molar-refractivity contribution < 1.29 is 9.47 Å². The molecular weight excluding hydrogens is 396 g/mol. The van der Waals surface area contributed by atoms with E-state index in [9.17, 15) is 0 Å². The minimum absolute atomic E-state index is 0.522. The normalized spacial score (nSPS) is 18.3. The summed E-state index contributed by atoms with van der Waals surface area (Å²) in [5, 5.41) is 0. The molecule has 0 saturated carbocycles. The number of fused-ring (bicyclic) bond motifs is 2. The Kier molecular flexibility index (Phi) is 6.31. The fourth-order valence-electron chi connectivity index (χ4n) is 5.05. The number of likely N-dealkylation sites (tertiary alicyclic amines) is 1. The molecule has 0 aromatic heterocycles. The third-order valence-corrected chi connectivity index (χ3v) is 6.79. The Hall–Kier alpha value is -2.98. The zero-order valence-electron chi connectivity index (χ0n) is 18.9. The zero-order chi connectivity index (χ0) is 21.8. The van der Waals surface area contributed by atoms with Gasteiger partial charge in [0.15, 0.2) is 0 Å². The molecule has 1 fully saturated rings. The first kappa shape index (κ1) is 20.9. The average Bonchev–Trinajstić information content (AvgIpc) is 3.01. The Labute approximate surface area is 191 Å². The van der Waals surface area contributed by atoms with Crippen LogP contribution in [0, 0.1) is 0 Å². The number of rotatable bonds is 6. The summed E-state index contributed by atoms with van der Waals surface area (Å²) >= 11 is 0. The van der Waals surface area contributed by atoms with E-state index in [1.165, 1.54) is 48.3 Å². The van der Waals surface area contributed by atoms with E-state index in [0.29, 0.717) is 12.6 Å². The molecule has 0 bridgehead atoms. The van der Waals surface area contributed by atoms with Crippen LogP contribution in [0.3, 0.4) is 0 Å². The van der Waals surface area contributed by atoms with Crippen molar-refractivity contribution in [1.29, 1.82) is 0 Å². The maximum absolute atomic E-state index is 6.18. The number of hydrogen-bond acceptors (Lipinski definition) is 4. The molecule has 2 aliphatic heterocycles. The second-order valence-corrected chi connectivity index (χ2v) is 8.78. The highest BCUT2D eigenvalue weighted by atomic mass is 16.5. The van der Waals surface area contributed by atoms with Crippen molar-refractivity contribution in [3.8, 4) is 11.5 Å². The van der Waals surface area contributed by atoms with Gasteiger partial charge in [-0.15, -0.1) is 0 Å². The lowest BCUT2D eigenvalue weighted by Gasteiger charge is -2.39. The molecule has 1 saturated heterocycles. The van der Waals surface area contributed by atoms with Crippen LogP contribution in [0.25, 0.3) is 0 Å². The van der Waals surface area contributed by atoms with Gasteiger partial charge in [0, 0.05) is 30.4 Å². The number of anilines is 2. The largest absolute Gasteiger partial charge is 0.497 e. The Bertz CT molecular complexity index is 1000. The van der Waals surface area contributed by atoms with E-state index >= 15 is 0 Å². The molecule has 0 aliphatic carbocycles. The van der Waals surface area contributed by atoms with Crippen LogP contribution >= 0.6 is 0 Å². The van der Waals surface area contributed by atoms with Crippen LogP contribution < -0.4 is 14.4 Å². The summed E-state index contributed by atoms with van der Waals surface area (Å²) < 4.78 is 11.6. The number of methoxy groups -OCH3 is 1. The van der Waals surface area contributed by atoms with Gasteiger partial charge in [0.05, 0.1) is 12.8 Å². The van der Waals surface area contributed by atoms with E-state index in [0.717, 1.165) is 31.0 Å². The molecule has 0 radical (unpaired) electrons. The number of benzene rings is 3. The summed E-state index contributed by atoms with van der Waals surface area (Å²) in [4.78, 5) is 5.19. The monoisotopic (exact) mass is 428 g/mol. The second kappa shape index (κ2) is 9.66. The Morgan fingerprint density at radius 2 is 1.78 bits per heavy atom. The molecule has 3 aromatic rings. The van der Waals surface area contributed by atoms with Crippen molar-refractivity contribution in [3.05, 3.63) is 83.9 Å². The van der Waals surface area contributed by atoms with Crippen molar-refractivity contribution in [2.45, 2.75) is 38.3 Å². The smallest absolute Gasteiger partial charge is 0.143 e. The Morgan fingerprint density at radius 3 is 2.69 bits per heavy atom. The topological polar surface area (TPSA) is 24.9 Å². The van der Waals surface area contributed by atoms with Crippen molar-refractivity contribution in [2.75, 3.05) is 31.6 Å². The molecule has 4 nitrogen and oxygen atoms in total. The quantitative estimate of drug-likeness (QED) is 0.494. The lowest BCUT2D eigenvalue weighted by atomic mass is 9.99. The van der Waals surface area contributed by atoms with Gasteiger partial charge in [-0.25, -0.2) is 0 Å². The van der Waals surface area contributed by atoms with Crippen molar-refractivity contribution in [3.63, 3.8) is 0 Å². The maximum atomic E-state index is 6.18. The highest BCUT2D eigenvalue weighted by Crippen LogP contribution is 2.40. The summed E-state index contributed by atoms with van der Waals surface area (Å²) in [5.74, 6) is 1.91. The molecule has 0 N–H and O–H groups in total. The van der Waals surface area contributed by atoms with Gasteiger partial charge in [-0.2, -0.15) is 0 Å². The van der Waals surface area contributed by atoms with Gasteiger partial charge in [0.1, 0.15) is 18.1 Å². The fourth-order valence-corrected chi connectivity index (χ4v) is 5.05. The Morgan fingerprint density at radius 1 is 0.938 bits per heavy atom. The van der Waals surface area contributed by atoms with Gasteiger partial charge in [-0.3, -0.25) is 4.90 Å². The molecule has 0 amide bonds. The third-order valence-electron chi connectivity index (χ3n) is 6.79. The summed E-state index contributed by atoms with van der Waals surface area (Å²) in [6.45, 7) is 3.84. The molecule has 166 valence electrons. The van der Waals surface area contributed by atoms with E-state index < -0.39 is 0 Å². The van der Waals surface area contributed by atoms with Crippen LogP contribution in [0.1, 0.15) is 30.4 Å². The van der Waals surface area contributed by atoms with Crippen molar-refractivity contribution >= 4 is 11.4 Å². The van der Waals surface area contributed by atoms with Crippen LogP contribution in [-0.2, 0) is 13.0 Å². The SMILES string of the molecule is COc1cccc(CCN2CCCCC2CN2c3ccccc3COc3ccccc32)c1. The van der Waals surface area contributed by atoms with Gasteiger partial charge in [-0.1, -0.05) is 48.9 Å². The average molecular weight is 429 g/mol. The fraction of sp³-hybridized carbons (Fsp3) is 0.357. The molecule has 1 unspecified atom stereocenters. The predicted molar refractivity (Wildman–Crippen MR) is 130 cm³/mol. The van der Waals surface area contributed by atoms with Crippen LogP contribution in [0.2, 0.25) is 0 Å². The van der Waals surface area contributed by atoms with Crippen LogP contribution in [0.4, 0.5) is 11.4 Å². The lowest BCUT2D eigenvalue weighted by Crippen LogP contribution is -2.46. The number of piperidine rings is 1. The van der Waals surface area contributed by atoms with Crippen molar-refractivity contribution in [2.24, 2.45) is 0 Å². The summed E-state index contributed by atoms with van der Waals surface area (Å²) in [6, 6.07) is 26.1. The molecule has 2 heterocycles. The van der Waals surface area contributed by atoms with E-state index in [1.54, 1.807) is 7.11 Å². The van der Waals surface area contributed by atoms with Gasteiger partial charge in [0.2, 0.25) is 0 Å². The molecule has 1 atom stereocenters. The van der Waals surface area contributed by atoms with Gasteiger partial charge in [0.25, 0.3) is 0 Å². The predicted octanol–water partition coefficient (Wildman–Crippen LogP) is 5.82. The van der Waals surface area contributed by atoms with E-state index in [-0.39, 0.29) is 0 Å². The van der Waals surface area contributed by atoms with Gasteiger partial charge >= 0.3 is 0 Å². The van der Waals surface area contributed by atoms with E-state index in [4.69, 9.17) is 9.47 Å². The molecular formula is C28H32N2O2. The number of nitrogens with zero attached hydrogens (tertiary/aromatic N) is 2. The van der Waals surface area contributed by atoms with Crippen molar-refractivity contribution in [1.82, 2.24) is 4.90 Å². The molecule has 32 heavy (non-hydrogen) atoms. The Balaban J connectivity index is 1.38. The minimum Gasteiger partial charge on any atom is -0.497 e. The van der Waals surface area contributed by atoms with Gasteiger partial charge in [-0.05, 0) is 61.7 Å². The van der Waals surface area contributed by atoms with Crippen LogP contribution in [-0.4, -0.2) is 37.7 Å². The molecule has 2 aliphatic rings. The molecule has 0 spiro atoms. The van der Waals surface area contributed by atoms with E-state index in [1.807, 2.05) is 6.07 Å². The molecule has 5 rings (SSSR count). The zero-order valence-corrected chi connectivity index (χ0v) is 18.9. The number of ether oxygens (including phenoxy) is 2. The highest BCUT2D eigenvalue weighted by molar-refractivity contribution is 5.72. The minimum atomic E-state index is 0.522. The highest BCUT2D eigenvalue weighted by Gasteiger charge is 2.28. The maximum Gasteiger partial charge on any atom is 0.143 e. The first-order valence-electron chi connectivity index (χ1n) is 11.8. The van der Waals surface area contributed by atoms with Crippen LogP contribution in [0.15, 0.2) is 72.8 Å². The van der Waals surface area contributed by atoms with E-state index in [2.05, 4.69) is 76.5 Å². The number of hydrogen-bond donors (Lipinski definition) is 0. The molecule has 3 aromatic carbocycles. The number of para-hydroxylation sites is 3. The second-order valence-electron chi connectivity index (χ2n) is 8.78. The standard InChI is InChI=1S/C28H32N2O2/c1-31-25-12-8-9-22(19-25)16-18-29-17-7-6-11-24(29)20-30-26-13-3-2-10-23(26)21-32-28-15-5-4-14-27(28)30/h2-5,8-10,12-15,19,24H,6-7,11,16-18,20-21H2,1H3. The summed E-state index contributed by atoms with van der Waals surface area (Å²) in [6.07, 6.45) is 4.86. The molecule has 4 heteroatoms. The summed E-state index contributed by atoms with van der Waals surface area (Å²) in [7, 11) is 1.74. The van der Waals surface area contributed by atoms with Crippen LogP contribution in [0.5, 0.6) is 11.5 Å². The third kappa shape index (κ3) is 4.46. The summed E-state index contributed by atoms with van der Waals surface area (Å²) in [5.41, 5.74) is 5.04. The first-order chi connectivity index (χ1) is 15.8. The first-order valence-corrected chi connectivity index (χ1v) is 11.8. The van der Waals surface area contributed by atoms with Gasteiger partial charge < -0.3 is 14.4 Å². The lowest BCUT2D eigenvalue weighted by molar-refractivity contribution is 0.154.